The Balaban J connectivity index is 1.94. The molecule has 0 radical (unpaired) electrons. The van der Waals surface area contributed by atoms with E-state index in [9.17, 15) is 5.11 Å². The van der Waals surface area contributed by atoms with Crippen LogP contribution in [0.4, 0.5) is 0 Å². The molecular formula is C14H21NO2. The molecule has 0 amide bonds. The third-order valence-corrected chi connectivity index (χ3v) is 3.25. The molecule has 1 aromatic rings. The highest BCUT2D eigenvalue weighted by molar-refractivity contribution is 5.28. The van der Waals surface area contributed by atoms with E-state index in [1.165, 1.54) is 13.0 Å². The van der Waals surface area contributed by atoms with Gasteiger partial charge in [0.1, 0.15) is 11.9 Å². The van der Waals surface area contributed by atoms with Crippen molar-refractivity contribution < 1.29 is 9.84 Å². The second kappa shape index (κ2) is 5.52. The smallest absolute Gasteiger partial charge is 0.119 e. The van der Waals surface area contributed by atoms with E-state index >= 15 is 0 Å². The first-order valence-corrected chi connectivity index (χ1v) is 6.28. The summed E-state index contributed by atoms with van der Waals surface area (Å²) in [4.78, 5) is 2.30. The quantitative estimate of drug-likeness (QED) is 0.872. The lowest BCUT2D eigenvalue weighted by molar-refractivity contribution is 0.104. The van der Waals surface area contributed by atoms with Crippen LogP contribution in [0.5, 0.6) is 5.75 Å². The van der Waals surface area contributed by atoms with Crippen LogP contribution in [0.2, 0.25) is 0 Å². The summed E-state index contributed by atoms with van der Waals surface area (Å²) in [6.07, 6.45) is 2.21. The normalized spacial score (nSPS) is 23.4. The zero-order valence-corrected chi connectivity index (χ0v) is 10.6. The number of likely N-dealkylation sites (N-methyl/N-ethyl adjacent to an activating group) is 1. The van der Waals surface area contributed by atoms with Crippen LogP contribution in [0, 0.1) is 0 Å². The summed E-state index contributed by atoms with van der Waals surface area (Å²) in [5.41, 5.74) is 0.929. The van der Waals surface area contributed by atoms with Crippen LogP contribution in [0.1, 0.15) is 31.4 Å². The summed E-state index contributed by atoms with van der Waals surface area (Å²) >= 11 is 0. The average molecular weight is 235 g/mol. The van der Waals surface area contributed by atoms with Gasteiger partial charge < -0.3 is 14.7 Å². The van der Waals surface area contributed by atoms with E-state index in [1.807, 2.05) is 24.3 Å². The van der Waals surface area contributed by atoms with Gasteiger partial charge in [-0.3, -0.25) is 0 Å². The maximum atomic E-state index is 9.42. The van der Waals surface area contributed by atoms with Crippen LogP contribution in [-0.2, 0) is 0 Å². The third-order valence-electron chi connectivity index (χ3n) is 3.25. The van der Waals surface area contributed by atoms with Gasteiger partial charge in [-0.25, -0.2) is 0 Å². The maximum absolute atomic E-state index is 9.42. The molecule has 0 aromatic heterocycles. The minimum Gasteiger partial charge on any atom is -0.489 e. The van der Waals surface area contributed by atoms with Gasteiger partial charge in [-0.1, -0.05) is 12.1 Å². The van der Waals surface area contributed by atoms with Gasteiger partial charge in [0, 0.05) is 6.54 Å². The highest BCUT2D eigenvalue weighted by Crippen LogP contribution is 2.20. The van der Waals surface area contributed by atoms with Crippen molar-refractivity contribution >= 4 is 0 Å². The number of hydrogen-bond acceptors (Lipinski definition) is 3. The zero-order valence-electron chi connectivity index (χ0n) is 10.6. The molecule has 1 saturated heterocycles. The third kappa shape index (κ3) is 3.45. The number of benzene rings is 1. The molecule has 1 heterocycles. The van der Waals surface area contributed by atoms with Gasteiger partial charge in [-0.2, -0.15) is 0 Å². The van der Waals surface area contributed by atoms with Crippen molar-refractivity contribution in [2.24, 2.45) is 0 Å². The fraction of sp³-hybridized carbons (Fsp3) is 0.571. The number of aliphatic hydroxyl groups is 1. The predicted molar refractivity (Wildman–Crippen MR) is 68.2 cm³/mol. The van der Waals surface area contributed by atoms with E-state index in [2.05, 4.69) is 11.9 Å². The summed E-state index contributed by atoms with van der Waals surface area (Å²) in [6, 6.07) is 7.73. The Morgan fingerprint density at radius 1 is 1.35 bits per heavy atom. The van der Waals surface area contributed by atoms with Gasteiger partial charge in [-0.05, 0) is 51.1 Å². The van der Waals surface area contributed by atoms with E-state index in [0.717, 1.165) is 24.3 Å². The van der Waals surface area contributed by atoms with E-state index < -0.39 is 6.10 Å². The van der Waals surface area contributed by atoms with Crippen LogP contribution >= 0.6 is 0 Å². The van der Waals surface area contributed by atoms with E-state index in [4.69, 9.17) is 4.74 Å². The first-order chi connectivity index (χ1) is 8.15. The Hall–Kier alpha value is -1.06. The number of ether oxygens (including phenoxy) is 1. The Morgan fingerprint density at radius 3 is 2.65 bits per heavy atom. The number of rotatable bonds is 3. The SMILES string of the molecule is CC(O)c1ccc(OC2CCCN(C)C2)cc1. The Bertz CT molecular complexity index is 348. The lowest BCUT2D eigenvalue weighted by Gasteiger charge is -2.30. The van der Waals surface area contributed by atoms with Crippen molar-refractivity contribution in [3.8, 4) is 5.75 Å². The standard InChI is InChI=1S/C14H21NO2/c1-11(16)12-5-7-13(8-6-12)17-14-4-3-9-15(2)10-14/h5-8,11,14,16H,3-4,9-10H2,1-2H3. The molecule has 0 bridgehead atoms. The summed E-state index contributed by atoms with van der Waals surface area (Å²) in [7, 11) is 2.13. The number of hydrogen-bond donors (Lipinski definition) is 1. The minimum atomic E-state index is -0.412. The van der Waals surface area contributed by atoms with Gasteiger partial charge in [0.2, 0.25) is 0 Å². The van der Waals surface area contributed by atoms with Crippen molar-refractivity contribution in [2.45, 2.75) is 32.0 Å². The van der Waals surface area contributed by atoms with Gasteiger partial charge in [0.15, 0.2) is 0 Å². The summed E-state index contributed by atoms with van der Waals surface area (Å²) in [5, 5.41) is 9.42. The fourth-order valence-electron chi connectivity index (χ4n) is 2.23. The molecule has 2 unspecified atom stereocenters. The van der Waals surface area contributed by atoms with Crippen molar-refractivity contribution in [1.29, 1.82) is 0 Å². The second-order valence-electron chi connectivity index (χ2n) is 4.89. The Labute approximate surface area is 103 Å². The number of likely N-dealkylation sites (tertiary alicyclic amines) is 1. The van der Waals surface area contributed by atoms with Crippen LogP contribution in [0.25, 0.3) is 0 Å². The molecule has 2 rings (SSSR count). The van der Waals surface area contributed by atoms with E-state index in [1.54, 1.807) is 6.92 Å². The first kappa shape index (κ1) is 12.4. The molecule has 2 atom stereocenters. The van der Waals surface area contributed by atoms with Crippen LogP contribution in [0.15, 0.2) is 24.3 Å². The molecule has 1 aliphatic heterocycles. The van der Waals surface area contributed by atoms with Gasteiger partial charge >= 0.3 is 0 Å². The van der Waals surface area contributed by atoms with E-state index in [0.29, 0.717) is 6.10 Å². The second-order valence-corrected chi connectivity index (χ2v) is 4.89. The number of nitrogens with zero attached hydrogens (tertiary/aromatic N) is 1. The lowest BCUT2D eigenvalue weighted by Crippen LogP contribution is -2.38. The zero-order chi connectivity index (χ0) is 12.3. The van der Waals surface area contributed by atoms with Crippen molar-refractivity contribution in [3.63, 3.8) is 0 Å². The number of piperidine rings is 1. The molecule has 0 saturated carbocycles. The number of aliphatic hydroxyl groups excluding tert-OH is 1. The fourth-order valence-corrected chi connectivity index (χ4v) is 2.23. The largest absolute Gasteiger partial charge is 0.489 e. The molecule has 0 spiro atoms. The van der Waals surface area contributed by atoms with Crippen molar-refractivity contribution in [3.05, 3.63) is 29.8 Å². The molecule has 3 heteroatoms. The summed E-state index contributed by atoms with van der Waals surface area (Å²) in [5.74, 6) is 0.898. The summed E-state index contributed by atoms with van der Waals surface area (Å²) < 4.78 is 5.94. The molecule has 3 nitrogen and oxygen atoms in total. The molecule has 1 aromatic carbocycles. The van der Waals surface area contributed by atoms with Crippen molar-refractivity contribution in [2.75, 3.05) is 20.1 Å². The van der Waals surface area contributed by atoms with Crippen LogP contribution in [0.3, 0.4) is 0 Å². The molecule has 94 valence electrons. The Morgan fingerprint density at radius 2 is 2.06 bits per heavy atom. The van der Waals surface area contributed by atoms with Gasteiger partial charge in [-0.15, -0.1) is 0 Å². The van der Waals surface area contributed by atoms with E-state index in [-0.39, 0.29) is 0 Å². The molecule has 0 aliphatic carbocycles. The molecule has 17 heavy (non-hydrogen) atoms. The monoisotopic (exact) mass is 235 g/mol. The Kier molecular flexibility index (Phi) is 4.02. The van der Waals surface area contributed by atoms with Crippen LogP contribution in [-0.4, -0.2) is 36.2 Å². The highest BCUT2D eigenvalue weighted by Gasteiger charge is 2.18. The topological polar surface area (TPSA) is 32.7 Å². The molecule has 1 aliphatic rings. The summed E-state index contributed by atoms with van der Waals surface area (Å²) in [6.45, 7) is 3.94. The lowest BCUT2D eigenvalue weighted by atomic mass is 10.1. The predicted octanol–water partition coefficient (Wildman–Crippen LogP) is 2.21. The molecule has 1 N–H and O–H groups in total. The average Bonchev–Trinajstić information content (AvgIpc) is 2.29. The van der Waals surface area contributed by atoms with Crippen LogP contribution < -0.4 is 4.74 Å². The van der Waals surface area contributed by atoms with Gasteiger partial charge in [0.25, 0.3) is 0 Å². The minimum absolute atomic E-state index is 0.297. The molecule has 1 fully saturated rings. The highest BCUT2D eigenvalue weighted by atomic mass is 16.5. The molecular weight excluding hydrogens is 214 g/mol. The van der Waals surface area contributed by atoms with Crippen molar-refractivity contribution in [1.82, 2.24) is 4.90 Å². The van der Waals surface area contributed by atoms with Gasteiger partial charge in [0.05, 0.1) is 6.10 Å². The first-order valence-electron chi connectivity index (χ1n) is 6.28. The maximum Gasteiger partial charge on any atom is 0.119 e.